The van der Waals surface area contributed by atoms with Crippen molar-refractivity contribution in [3.8, 4) is 0 Å². The van der Waals surface area contributed by atoms with E-state index in [0.717, 1.165) is 18.5 Å². The molecule has 2 aliphatic rings. The number of para-hydroxylation sites is 1. The monoisotopic (exact) mass is 344 g/mol. The molecule has 0 atom stereocenters. The van der Waals surface area contributed by atoms with Crippen molar-refractivity contribution < 1.29 is 9.59 Å². The predicted molar refractivity (Wildman–Crippen MR) is 90.3 cm³/mol. The number of carbonyl (C=O) groups excluding carboxylic acids is 2. The van der Waals surface area contributed by atoms with Gasteiger partial charge in [-0.1, -0.05) is 23.7 Å². The third kappa shape index (κ3) is 2.78. The van der Waals surface area contributed by atoms with E-state index in [1.807, 2.05) is 24.3 Å². The average molecular weight is 345 g/mol. The molecule has 0 radical (unpaired) electrons. The number of hydrogen-bond donors (Lipinski definition) is 1. The van der Waals surface area contributed by atoms with Crippen LogP contribution in [-0.2, 0) is 4.79 Å². The summed E-state index contributed by atoms with van der Waals surface area (Å²) < 4.78 is 0. The number of aromatic amines is 1. The number of H-pyrrole nitrogens is 1. The number of amides is 2. The van der Waals surface area contributed by atoms with Gasteiger partial charge >= 0.3 is 0 Å². The second kappa shape index (κ2) is 5.94. The first-order chi connectivity index (χ1) is 11.6. The van der Waals surface area contributed by atoms with Crippen molar-refractivity contribution in [2.75, 3.05) is 24.5 Å². The SMILES string of the molecule is O=C(c1cc(C2CC2)[nH]n1)N1CCN(c2ccccc2Cl)C(=O)C1. The predicted octanol–water partition coefficient (Wildman–Crippen LogP) is 2.43. The summed E-state index contributed by atoms with van der Waals surface area (Å²) in [5.41, 5.74) is 2.09. The van der Waals surface area contributed by atoms with E-state index in [4.69, 9.17) is 11.6 Å². The molecular formula is C17H17ClN4O2. The highest BCUT2D eigenvalue weighted by Gasteiger charge is 2.32. The van der Waals surface area contributed by atoms with Gasteiger partial charge in [-0.25, -0.2) is 0 Å². The van der Waals surface area contributed by atoms with Crippen LogP contribution in [0.25, 0.3) is 0 Å². The van der Waals surface area contributed by atoms with E-state index in [9.17, 15) is 9.59 Å². The zero-order valence-electron chi connectivity index (χ0n) is 13.0. The van der Waals surface area contributed by atoms with Gasteiger partial charge in [-0.15, -0.1) is 0 Å². The molecule has 4 rings (SSSR count). The maximum absolute atomic E-state index is 12.6. The molecule has 7 heteroatoms. The number of nitrogens with one attached hydrogen (secondary N) is 1. The molecule has 6 nitrogen and oxygen atoms in total. The summed E-state index contributed by atoms with van der Waals surface area (Å²) >= 11 is 6.17. The molecule has 1 aromatic carbocycles. The highest BCUT2D eigenvalue weighted by molar-refractivity contribution is 6.33. The van der Waals surface area contributed by atoms with E-state index in [2.05, 4.69) is 10.2 Å². The summed E-state index contributed by atoms with van der Waals surface area (Å²) in [6.07, 6.45) is 2.29. The van der Waals surface area contributed by atoms with E-state index in [-0.39, 0.29) is 18.4 Å². The van der Waals surface area contributed by atoms with Crippen LogP contribution >= 0.6 is 11.6 Å². The summed E-state index contributed by atoms with van der Waals surface area (Å²) in [6.45, 7) is 0.922. The van der Waals surface area contributed by atoms with Gasteiger partial charge in [0.1, 0.15) is 12.2 Å². The number of nitrogens with zero attached hydrogens (tertiary/aromatic N) is 3. The Labute approximate surface area is 144 Å². The van der Waals surface area contributed by atoms with Crippen LogP contribution in [0.15, 0.2) is 30.3 Å². The molecule has 0 spiro atoms. The van der Waals surface area contributed by atoms with Gasteiger partial charge in [-0.2, -0.15) is 5.10 Å². The fraction of sp³-hybridized carbons (Fsp3) is 0.353. The number of piperazine rings is 1. The number of carbonyl (C=O) groups is 2. The van der Waals surface area contributed by atoms with E-state index in [1.165, 1.54) is 0 Å². The molecular weight excluding hydrogens is 328 g/mol. The number of aromatic nitrogens is 2. The molecule has 1 aromatic heterocycles. The highest BCUT2D eigenvalue weighted by atomic mass is 35.5. The van der Waals surface area contributed by atoms with E-state index in [1.54, 1.807) is 15.9 Å². The van der Waals surface area contributed by atoms with Gasteiger partial charge in [0, 0.05) is 24.7 Å². The molecule has 124 valence electrons. The zero-order valence-corrected chi connectivity index (χ0v) is 13.8. The number of rotatable bonds is 3. The molecule has 2 fully saturated rings. The molecule has 1 N–H and O–H groups in total. The smallest absolute Gasteiger partial charge is 0.274 e. The lowest BCUT2D eigenvalue weighted by Crippen LogP contribution is -2.52. The summed E-state index contributed by atoms with van der Waals surface area (Å²) in [5, 5.41) is 7.57. The third-order valence-electron chi connectivity index (χ3n) is 4.49. The Bertz CT molecular complexity index is 799. The van der Waals surface area contributed by atoms with Crippen molar-refractivity contribution in [1.29, 1.82) is 0 Å². The molecule has 2 aromatic rings. The quantitative estimate of drug-likeness (QED) is 0.929. The minimum Gasteiger partial charge on any atom is -0.326 e. The van der Waals surface area contributed by atoms with E-state index in [0.29, 0.717) is 35.4 Å². The fourth-order valence-corrected chi connectivity index (χ4v) is 3.22. The van der Waals surface area contributed by atoms with Crippen LogP contribution in [-0.4, -0.2) is 46.5 Å². The summed E-state index contributed by atoms with van der Waals surface area (Å²) in [5.74, 6) is 0.170. The molecule has 1 saturated heterocycles. The van der Waals surface area contributed by atoms with Crippen molar-refractivity contribution in [3.63, 3.8) is 0 Å². The second-order valence-electron chi connectivity index (χ2n) is 6.21. The van der Waals surface area contributed by atoms with Gasteiger partial charge in [-0.05, 0) is 31.0 Å². The van der Waals surface area contributed by atoms with Crippen molar-refractivity contribution in [2.24, 2.45) is 0 Å². The van der Waals surface area contributed by atoms with Crippen molar-refractivity contribution in [2.45, 2.75) is 18.8 Å². The van der Waals surface area contributed by atoms with Gasteiger partial charge in [-0.3, -0.25) is 14.7 Å². The molecule has 1 aliphatic heterocycles. The first-order valence-electron chi connectivity index (χ1n) is 8.03. The molecule has 1 aliphatic carbocycles. The minimum atomic E-state index is -0.203. The zero-order chi connectivity index (χ0) is 16.7. The van der Waals surface area contributed by atoms with E-state index >= 15 is 0 Å². The Morgan fingerprint density at radius 3 is 2.75 bits per heavy atom. The molecule has 0 unspecified atom stereocenters. The second-order valence-corrected chi connectivity index (χ2v) is 6.61. The Morgan fingerprint density at radius 1 is 1.25 bits per heavy atom. The van der Waals surface area contributed by atoms with Crippen molar-refractivity contribution in [3.05, 3.63) is 46.7 Å². The van der Waals surface area contributed by atoms with Gasteiger partial charge in [0.25, 0.3) is 5.91 Å². The first kappa shape index (κ1) is 15.2. The van der Waals surface area contributed by atoms with Crippen LogP contribution in [0.3, 0.4) is 0 Å². The Hall–Kier alpha value is -2.34. The summed E-state index contributed by atoms with van der Waals surface area (Å²) in [6, 6.07) is 9.04. The number of benzene rings is 1. The van der Waals surface area contributed by atoms with Crippen LogP contribution in [0, 0.1) is 0 Å². The largest absolute Gasteiger partial charge is 0.326 e. The average Bonchev–Trinajstić information content (AvgIpc) is 3.32. The van der Waals surface area contributed by atoms with Crippen LogP contribution in [0.2, 0.25) is 5.02 Å². The van der Waals surface area contributed by atoms with Crippen LogP contribution in [0.5, 0.6) is 0 Å². The van der Waals surface area contributed by atoms with Crippen LogP contribution < -0.4 is 4.90 Å². The standard InChI is InChI=1S/C17H17ClN4O2/c18-12-3-1-2-4-15(12)22-8-7-21(10-16(22)23)17(24)14-9-13(19-20-14)11-5-6-11/h1-4,9,11H,5-8,10H2,(H,19,20). The number of hydrogen-bond acceptors (Lipinski definition) is 3. The normalized spacial score (nSPS) is 18.1. The lowest BCUT2D eigenvalue weighted by Gasteiger charge is -2.34. The number of anilines is 1. The Kier molecular flexibility index (Phi) is 3.76. The Balaban J connectivity index is 1.46. The molecule has 1 saturated carbocycles. The van der Waals surface area contributed by atoms with E-state index < -0.39 is 0 Å². The van der Waals surface area contributed by atoms with Gasteiger partial charge in [0.05, 0.1) is 10.7 Å². The maximum Gasteiger partial charge on any atom is 0.274 e. The highest BCUT2D eigenvalue weighted by Crippen LogP contribution is 2.39. The van der Waals surface area contributed by atoms with Gasteiger partial charge in [0.2, 0.25) is 5.91 Å². The number of halogens is 1. The summed E-state index contributed by atoms with van der Waals surface area (Å²) in [4.78, 5) is 28.2. The lowest BCUT2D eigenvalue weighted by molar-refractivity contribution is -0.120. The van der Waals surface area contributed by atoms with Crippen LogP contribution in [0.4, 0.5) is 5.69 Å². The fourth-order valence-electron chi connectivity index (χ4n) is 2.98. The topological polar surface area (TPSA) is 69.3 Å². The molecule has 0 bridgehead atoms. The molecule has 2 amide bonds. The minimum absolute atomic E-state index is 0.0374. The molecule has 2 heterocycles. The Morgan fingerprint density at radius 2 is 2.04 bits per heavy atom. The van der Waals surface area contributed by atoms with Crippen LogP contribution in [0.1, 0.15) is 34.9 Å². The van der Waals surface area contributed by atoms with Crippen molar-refractivity contribution in [1.82, 2.24) is 15.1 Å². The summed E-state index contributed by atoms with van der Waals surface area (Å²) in [7, 11) is 0. The molecule has 24 heavy (non-hydrogen) atoms. The maximum atomic E-state index is 12.6. The lowest BCUT2D eigenvalue weighted by atomic mass is 10.2. The first-order valence-corrected chi connectivity index (χ1v) is 8.41. The van der Waals surface area contributed by atoms with Crippen molar-refractivity contribution >= 4 is 29.1 Å². The van der Waals surface area contributed by atoms with Gasteiger partial charge < -0.3 is 9.80 Å². The third-order valence-corrected chi connectivity index (χ3v) is 4.80. The van der Waals surface area contributed by atoms with Gasteiger partial charge in [0.15, 0.2) is 0 Å².